The van der Waals surface area contributed by atoms with Crippen LogP contribution in [0.1, 0.15) is 38.3 Å². The largest absolute Gasteiger partial charge is 0.493 e. The molecule has 0 saturated carbocycles. The zero-order valence-corrected chi connectivity index (χ0v) is 18.3. The maximum absolute atomic E-state index is 12.5. The highest BCUT2D eigenvalue weighted by molar-refractivity contribution is 7.12. The zero-order chi connectivity index (χ0) is 22.1. The van der Waals surface area contributed by atoms with E-state index in [-0.39, 0.29) is 5.56 Å². The molecule has 3 heterocycles. The van der Waals surface area contributed by atoms with Crippen molar-refractivity contribution in [1.82, 2.24) is 4.57 Å². The minimum Gasteiger partial charge on any atom is -0.493 e. The number of carboxylic acid groups (broad SMARTS) is 1. The third-order valence-corrected chi connectivity index (χ3v) is 6.14. The van der Waals surface area contributed by atoms with Gasteiger partial charge >= 0.3 is 5.97 Å². The highest BCUT2D eigenvalue weighted by atomic mass is 32.1. The van der Waals surface area contributed by atoms with Crippen LogP contribution in [0.2, 0.25) is 0 Å². The summed E-state index contributed by atoms with van der Waals surface area (Å²) in [6.45, 7) is 5.05. The number of nitrogens with zero attached hydrogens (tertiary/aromatic N) is 1. The van der Waals surface area contributed by atoms with Crippen LogP contribution in [0.25, 0.3) is 11.3 Å². The predicted molar refractivity (Wildman–Crippen MR) is 118 cm³/mol. The first-order valence-electron chi connectivity index (χ1n) is 9.88. The fraction of sp³-hybridized carbons (Fsp3) is 0.304. The lowest BCUT2D eigenvalue weighted by Crippen LogP contribution is -2.27. The number of hydrogen-bond acceptors (Lipinski definition) is 6. The second-order valence-corrected chi connectivity index (χ2v) is 8.70. The van der Waals surface area contributed by atoms with Gasteiger partial charge < -0.3 is 23.9 Å². The van der Waals surface area contributed by atoms with Gasteiger partial charge in [0.05, 0.1) is 17.2 Å². The standard InChI is InChI=1S/C23H23NO6S/c1-13-9-15-17-10-18(25)16(23(26)27)12-24(17)22(21-6-5-14(2)31-21)30-20(15)11-19(13)29-8-4-7-28-3/h5-6,9-12,22H,4,7-8H2,1-3H3,(H,26,27). The smallest absolute Gasteiger partial charge is 0.341 e. The second-order valence-electron chi connectivity index (χ2n) is 7.38. The molecule has 4 rings (SSSR count). The van der Waals surface area contributed by atoms with Crippen molar-refractivity contribution in [3.63, 3.8) is 0 Å². The van der Waals surface area contributed by atoms with Crippen molar-refractivity contribution in [2.45, 2.75) is 26.5 Å². The Labute approximate surface area is 183 Å². The molecule has 1 aromatic carbocycles. The van der Waals surface area contributed by atoms with Gasteiger partial charge in [-0.25, -0.2) is 4.79 Å². The minimum absolute atomic E-state index is 0.288. The van der Waals surface area contributed by atoms with Crippen molar-refractivity contribution in [2.24, 2.45) is 0 Å². The summed E-state index contributed by atoms with van der Waals surface area (Å²) >= 11 is 1.56. The highest BCUT2D eigenvalue weighted by Gasteiger charge is 2.30. The van der Waals surface area contributed by atoms with E-state index in [4.69, 9.17) is 14.2 Å². The van der Waals surface area contributed by atoms with Crippen molar-refractivity contribution in [3.8, 4) is 22.8 Å². The molecule has 1 atom stereocenters. The Bertz CT molecular complexity index is 1200. The van der Waals surface area contributed by atoms with Gasteiger partial charge in [0, 0.05) is 48.9 Å². The van der Waals surface area contributed by atoms with E-state index >= 15 is 0 Å². The van der Waals surface area contributed by atoms with Crippen LogP contribution in [0.4, 0.5) is 0 Å². The molecule has 0 spiro atoms. The van der Waals surface area contributed by atoms with Gasteiger partial charge in [-0.1, -0.05) is 0 Å². The van der Waals surface area contributed by atoms with Gasteiger partial charge in [0.1, 0.15) is 17.1 Å². The van der Waals surface area contributed by atoms with Crippen LogP contribution in [0.3, 0.4) is 0 Å². The molecular formula is C23H23NO6S. The van der Waals surface area contributed by atoms with Crippen LogP contribution in [0, 0.1) is 13.8 Å². The monoisotopic (exact) mass is 441 g/mol. The first-order valence-corrected chi connectivity index (χ1v) is 10.7. The number of thiophene rings is 1. The zero-order valence-electron chi connectivity index (χ0n) is 17.5. The number of aryl methyl sites for hydroxylation is 2. The molecule has 162 valence electrons. The first kappa shape index (κ1) is 21.1. The molecule has 1 N–H and O–H groups in total. The summed E-state index contributed by atoms with van der Waals surface area (Å²) in [5, 5.41) is 9.45. The van der Waals surface area contributed by atoms with E-state index in [1.165, 1.54) is 12.3 Å². The summed E-state index contributed by atoms with van der Waals surface area (Å²) in [7, 11) is 1.65. The quantitative estimate of drug-likeness (QED) is 0.552. The van der Waals surface area contributed by atoms with Gasteiger partial charge in [0.2, 0.25) is 6.23 Å². The number of benzene rings is 1. The van der Waals surface area contributed by atoms with E-state index in [2.05, 4.69) is 0 Å². The molecule has 1 aliphatic rings. The predicted octanol–water partition coefficient (Wildman–Crippen LogP) is 4.25. The van der Waals surface area contributed by atoms with E-state index in [0.29, 0.717) is 30.4 Å². The van der Waals surface area contributed by atoms with Gasteiger partial charge in [-0.15, -0.1) is 11.3 Å². The van der Waals surface area contributed by atoms with E-state index in [0.717, 1.165) is 27.3 Å². The van der Waals surface area contributed by atoms with Crippen LogP contribution < -0.4 is 14.9 Å². The van der Waals surface area contributed by atoms with E-state index in [1.54, 1.807) is 23.0 Å². The number of carboxylic acids is 1. The Morgan fingerprint density at radius 2 is 2.03 bits per heavy atom. The summed E-state index contributed by atoms with van der Waals surface area (Å²) in [6, 6.07) is 9.05. The lowest BCUT2D eigenvalue weighted by atomic mass is 10.0. The summed E-state index contributed by atoms with van der Waals surface area (Å²) < 4.78 is 19.0. The van der Waals surface area contributed by atoms with Crippen LogP contribution >= 0.6 is 11.3 Å². The number of methoxy groups -OCH3 is 1. The average molecular weight is 442 g/mol. The molecule has 0 aliphatic carbocycles. The van der Waals surface area contributed by atoms with E-state index < -0.39 is 17.6 Å². The third kappa shape index (κ3) is 4.08. The maximum Gasteiger partial charge on any atom is 0.341 e. The minimum atomic E-state index is -1.26. The van der Waals surface area contributed by atoms with Gasteiger partial charge in [-0.05, 0) is 37.6 Å². The molecule has 0 radical (unpaired) electrons. The van der Waals surface area contributed by atoms with Crippen molar-refractivity contribution >= 4 is 17.3 Å². The van der Waals surface area contributed by atoms with Crippen LogP contribution in [0.5, 0.6) is 11.5 Å². The SMILES string of the molecule is COCCCOc1cc2c(cc1C)-c1cc(=O)c(C(=O)O)cn1C(c1ccc(C)s1)O2. The Hall–Kier alpha value is -3.10. The Kier molecular flexibility index (Phi) is 5.84. The molecule has 31 heavy (non-hydrogen) atoms. The van der Waals surface area contributed by atoms with Crippen molar-refractivity contribution in [1.29, 1.82) is 0 Å². The van der Waals surface area contributed by atoms with Crippen LogP contribution in [0.15, 0.2) is 41.3 Å². The number of aromatic nitrogens is 1. The number of fused-ring (bicyclic) bond motifs is 3. The molecule has 1 unspecified atom stereocenters. The number of aromatic carboxylic acids is 1. The van der Waals surface area contributed by atoms with E-state index in [1.807, 2.05) is 38.1 Å². The molecule has 0 amide bonds. The lowest BCUT2D eigenvalue weighted by molar-refractivity contribution is 0.0693. The highest BCUT2D eigenvalue weighted by Crippen LogP contribution is 2.44. The molecular weight excluding hydrogens is 418 g/mol. The van der Waals surface area contributed by atoms with Gasteiger partial charge in [0.25, 0.3) is 0 Å². The van der Waals surface area contributed by atoms with Gasteiger partial charge in [-0.3, -0.25) is 4.79 Å². The topological polar surface area (TPSA) is 87.0 Å². The summed E-state index contributed by atoms with van der Waals surface area (Å²) in [5.41, 5.74) is 1.40. The second kappa shape index (κ2) is 8.56. The first-order chi connectivity index (χ1) is 14.9. The molecule has 2 aromatic heterocycles. The number of pyridine rings is 1. The Morgan fingerprint density at radius 3 is 2.71 bits per heavy atom. The van der Waals surface area contributed by atoms with Crippen molar-refractivity contribution in [3.05, 3.63) is 67.6 Å². The fourth-order valence-corrected chi connectivity index (χ4v) is 4.49. The molecule has 0 saturated heterocycles. The number of rotatable bonds is 7. The summed E-state index contributed by atoms with van der Waals surface area (Å²) in [4.78, 5) is 26.1. The number of ether oxygens (including phenoxy) is 3. The van der Waals surface area contributed by atoms with Crippen LogP contribution in [-0.4, -0.2) is 36.0 Å². The number of hydrogen-bond donors (Lipinski definition) is 1. The molecule has 7 nitrogen and oxygen atoms in total. The molecule has 3 aromatic rings. The molecule has 0 bridgehead atoms. The molecule has 0 fully saturated rings. The maximum atomic E-state index is 12.5. The third-order valence-electron chi connectivity index (χ3n) is 5.11. The fourth-order valence-electron chi connectivity index (χ4n) is 3.59. The van der Waals surface area contributed by atoms with E-state index in [9.17, 15) is 14.7 Å². The van der Waals surface area contributed by atoms with Crippen molar-refractivity contribution < 1.29 is 24.1 Å². The van der Waals surface area contributed by atoms with Crippen LogP contribution in [-0.2, 0) is 4.74 Å². The lowest BCUT2D eigenvalue weighted by Gasteiger charge is -2.31. The summed E-state index contributed by atoms with van der Waals surface area (Å²) in [6.07, 6.45) is 1.55. The summed E-state index contributed by atoms with van der Waals surface area (Å²) in [5.74, 6) is 0.0305. The normalized spacial score (nSPS) is 14.5. The Balaban J connectivity index is 1.83. The number of carbonyl (C=O) groups is 1. The molecule has 1 aliphatic heterocycles. The van der Waals surface area contributed by atoms with Crippen molar-refractivity contribution in [2.75, 3.05) is 20.3 Å². The average Bonchev–Trinajstić information content (AvgIpc) is 3.16. The molecule has 8 heteroatoms. The van der Waals surface area contributed by atoms with Gasteiger partial charge in [-0.2, -0.15) is 0 Å². The Morgan fingerprint density at radius 1 is 1.23 bits per heavy atom. The van der Waals surface area contributed by atoms with Gasteiger partial charge in [0.15, 0.2) is 5.43 Å².